The second-order valence-corrected chi connectivity index (χ2v) is 5.78. The molecule has 0 saturated carbocycles. The van der Waals surface area contributed by atoms with Crippen LogP contribution in [0.25, 0.3) is 0 Å². The summed E-state index contributed by atoms with van der Waals surface area (Å²) < 4.78 is -1.34. The van der Waals surface area contributed by atoms with Crippen molar-refractivity contribution in [3.8, 4) is 0 Å². The number of alkyl halides is 4. The Hall–Kier alpha value is 0.900. The van der Waals surface area contributed by atoms with Crippen molar-refractivity contribution < 1.29 is 0 Å². The molecule has 0 aliphatic heterocycles. The Morgan fingerprint density at radius 2 is 1.30 bits per heavy atom. The van der Waals surface area contributed by atoms with Gasteiger partial charge in [0.05, 0.1) is 4.87 Å². The van der Waals surface area contributed by atoms with Crippen molar-refractivity contribution in [1.82, 2.24) is 0 Å². The van der Waals surface area contributed by atoms with Gasteiger partial charge in [-0.25, -0.2) is 0 Å². The first kappa shape index (κ1) is 10.9. The first-order valence-corrected chi connectivity index (χ1v) is 4.18. The molecule has 0 amide bonds. The number of rotatable bonds is 1. The van der Waals surface area contributed by atoms with Crippen LogP contribution in [0.5, 0.6) is 0 Å². The molecule has 0 aromatic carbocycles. The molecule has 0 nitrogen and oxygen atoms in total. The van der Waals surface area contributed by atoms with Crippen LogP contribution in [0.1, 0.15) is 13.8 Å². The smallest absolute Gasteiger partial charge is 0.115 e. The summed E-state index contributed by atoms with van der Waals surface area (Å²) in [6, 6.07) is 0. The quantitative estimate of drug-likeness (QED) is 0.465. The highest BCUT2D eigenvalue weighted by Crippen LogP contribution is 2.29. The standard InChI is InChI=1S/C6H8Cl4/c1-5(2,7)3-4-6(8,9)10/h3-4H,1-2H3. The number of allylic oxidation sites excluding steroid dienone is 2. The van der Waals surface area contributed by atoms with Gasteiger partial charge in [-0.05, 0) is 19.9 Å². The third-order valence-electron chi connectivity index (χ3n) is 0.669. The van der Waals surface area contributed by atoms with Crippen molar-refractivity contribution in [2.75, 3.05) is 0 Å². The predicted octanol–water partition coefficient (Wildman–Crippen LogP) is 3.93. The van der Waals surface area contributed by atoms with Crippen molar-refractivity contribution in [3.63, 3.8) is 0 Å². The fourth-order valence-corrected chi connectivity index (χ4v) is 0.545. The second kappa shape index (κ2) is 3.53. The van der Waals surface area contributed by atoms with Crippen LogP contribution in [0.2, 0.25) is 0 Å². The minimum absolute atomic E-state index is 0.454. The van der Waals surface area contributed by atoms with Crippen LogP contribution in [0.4, 0.5) is 0 Å². The molecule has 0 spiro atoms. The molecular weight excluding hydrogens is 214 g/mol. The Labute approximate surface area is 81.1 Å². The van der Waals surface area contributed by atoms with Crippen molar-refractivity contribution in [2.24, 2.45) is 0 Å². The van der Waals surface area contributed by atoms with Gasteiger partial charge >= 0.3 is 0 Å². The Kier molecular flexibility index (Phi) is 3.85. The molecule has 0 aliphatic rings. The lowest BCUT2D eigenvalue weighted by Crippen LogP contribution is -2.07. The fourth-order valence-electron chi connectivity index (χ4n) is 0.293. The minimum Gasteiger partial charge on any atom is -0.115 e. The Morgan fingerprint density at radius 3 is 1.40 bits per heavy atom. The lowest BCUT2D eigenvalue weighted by atomic mass is 10.2. The summed E-state index contributed by atoms with van der Waals surface area (Å²) in [6.07, 6.45) is 3.08. The van der Waals surface area contributed by atoms with Crippen molar-refractivity contribution in [2.45, 2.75) is 22.5 Å². The van der Waals surface area contributed by atoms with Crippen LogP contribution < -0.4 is 0 Å². The lowest BCUT2D eigenvalue weighted by molar-refractivity contribution is 0.878. The van der Waals surface area contributed by atoms with Gasteiger partial charge in [0, 0.05) is 0 Å². The molecule has 0 N–H and O–H groups in total. The van der Waals surface area contributed by atoms with Crippen LogP contribution in [-0.2, 0) is 0 Å². The Morgan fingerprint density at radius 1 is 0.900 bits per heavy atom. The molecule has 0 radical (unpaired) electrons. The molecule has 0 unspecified atom stereocenters. The minimum atomic E-state index is -1.34. The average Bonchev–Trinajstić information content (AvgIpc) is 1.57. The third kappa shape index (κ3) is 8.90. The van der Waals surface area contributed by atoms with Gasteiger partial charge in [-0.3, -0.25) is 0 Å². The van der Waals surface area contributed by atoms with Gasteiger partial charge in [0.25, 0.3) is 0 Å². The molecule has 60 valence electrons. The van der Waals surface area contributed by atoms with Gasteiger partial charge in [-0.15, -0.1) is 11.6 Å². The molecular formula is C6H8Cl4. The monoisotopic (exact) mass is 220 g/mol. The van der Waals surface area contributed by atoms with E-state index in [0.29, 0.717) is 0 Å². The summed E-state index contributed by atoms with van der Waals surface area (Å²) in [6.45, 7) is 3.61. The highest BCUT2D eigenvalue weighted by atomic mass is 35.6. The molecule has 0 bridgehead atoms. The molecule has 0 heterocycles. The largest absolute Gasteiger partial charge is 0.209 e. The van der Waals surface area contributed by atoms with E-state index < -0.39 is 8.67 Å². The zero-order valence-corrected chi connectivity index (χ0v) is 8.69. The maximum atomic E-state index is 5.78. The molecule has 4 heteroatoms. The van der Waals surface area contributed by atoms with E-state index in [0.717, 1.165) is 0 Å². The normalized spacial score (nSPS) is 14.6. The third-order valence-corrected chi connectivity index (χ3v) is 1.17. The van der Waals surface area contributed by atoms with Crippen molar-refractivity contribution in [3.05, 3.63) is 12.2 Å². The van der Waals surface area contributed by atoms with E-state index in [1.54, 1.807) is 6.08 Å². The first-order chi connectivity index (χ1) is 4.21. The number of halogens is 4. The molecule has 0 saturated heterocycles. The van der Waals surface area contributed by atoms with Gasteiger partial charge in [0.1, 0.15) is 0 Å². The van der Waals surface area contributed by atoms with Crippen LogP contribution in [-0.4, -0.2) is 8.67 Å². The number of hydrogen-bond acceptors (Lipinski definition) is 0. The molecule has 0 aromatic heterocycles. The second-order valence-electron chi connectivity index (χ2n) is 2.44. The Balaban J connectivity index is 4.01. The summed E-state index contributed by atoms with van der Waals surface area (Å²) in [5.74, 6) is 0. The first-order valence-electron chi connectivity index (χ1n) is 2.67. The van der Waals surface area contributed by atoms with Gasteiger partial charge in [-0.1, -0.05) is 40.9 Å². The van der Waals surface area contributed by atoms with E-state index in [1.807, 2.05) is 13.8 Å². The molecule has 0 atom stereocenters. The van der Waals surface area contributed by atoms with E-state index in [1.165, 1.54) is 6.08 Å². The summed E-state index contributed by atoms with van der Waals surface area (Å²) in [7, 11) is 0. The summed E-state index contributed by atoms with van der Waals surface area (Å²) in [5, 5.41) is 0. The zero-order chi connectivity index (χ0) is 8.41. The van der Waals surface area contributed by atoms with Crippen molar-refractivity contribution in [1.29, 1.82) is 0 Å². The van der Waals surface area contributed by atoms with Crippen LogP contribution >= 0.6 is 46.4 Å². The van der Waals surface area contributed by atoms with Crippen molar-refractivity contribution >= 4 is 46.4 Å². The zero-order valence-electron chi connectivity index (χ0n) is 5.67. The fraction of sp³-hybridized carbons (Fsp3) is 0.667. The average molecular weight is 222 g/mol. The highest BCUT2D eigenvalue weighted by molar-refractivity contribution is 6.68. The van der Waals surface area contributed by atoms with E-state index in [9.17, 15) is 0 Å². The van der Waals surface area contributed by atoms with Crippen LogP contribution in [0, 0.1) is 0 Å². The number of hydrogen-bond donors (Lipinski definition) is 0. The summed E-state index contributed by atoms with van der Waals surface area (Å²) in [5.41, 5.74) is 0. The molecule has 0 aliphatic carbocycles. The van der Waals surface area contributed by atoms with Gasteiger partial charge in [0.2, 0.25) is 3.79 Å². The summed E-state index contributed by atoms with van der Waals surface area (Å²) in [4.78, 5) is -0.454. The Bertz CT molecular complexity index is 110. The molecule has 0 aromatic rings. The molecule has 0 rings (SSSR count). The SMILES string of the molecule is CC(C)(Cl)C=CC(Cl)(Cl)Cl. The van der Waals surface area contributed by atoms with Gasteiger partial charge in [-0.2, -0.15) is 0 Å². The van der Waals surface area contributed by atoms with E-state index in [4.69, 9.17) is 46.4 Å². The topological polar surface area (TPSA) is 0 Å². The maximum absolute atomic E-state index is 5.78. The van der Waals surface area contributed by atoms with Crippen LogP contribution in [0.15, 0.2) is 12.2 Å². The van der Waals surface area contributed by atoms with Crippen LogP contribution in [0.3, 0.4) is 0 Å². The lowest BCUT2D eigenvalue weighted by Gasteiger charge is -2.10. The predicted molar refractivity (Wildman–Crippen MR) is 49.4 cm³/mol. The van der Waals surface area contributed by atoms with Gasteiger partial charge < -0.3 is 0 Å². The van der Waals surface area contributed by atoms with Gasteiger partial charge in [0.15, 0.2) is 0 Å². The molecule has 0 fully saturated rings. The maximum Gasteiger partial charge on any atom is 0.209 e. The van der Waals surface area contributed by atoms with E-state index in [2.05, 4.69) is 0 Å². The highest BCUT2D eigenvalue weighted by Gasteiger charge is 2.16. The van der Waals surface area contributed by atoms with E-state index >= 15 is 0 Å². The molecule has 10 heavy (non-hydrogen) atoms. The summed E-state index contributed by atoms with van der Waals surface area (Å²) >= 11 is 22.1. The van der Waals surface area contributed by atoms with E-state index in [-0.39, 0.29) is 0 Å².